The molecule has 1 aliphatic heterocycles. The molecule has 2 unspecified atom stereocenters. The maximum absolute atomic E-state index is 10.9. The van der Waals surface area contributed by atoms with Gasteiger partial charge in [0.2, 0.25) is 0 Å². The normalized spacial score (nSPS) is 18.5. The molecule has 0 radical (unpaired) electrons. The molecule has 17 heavy (non-hydrogen) atoms. The number of hydrogen-bond donors (Lipinski definition) is 1. The Hall–Kier alpha value is -1.14. The molecule has 0 fully saturated rings. The zero-order valence-electron chi connectivity index (χ0n) is 8.28. The van der Waals surface area contributed by atoms with E-state index in [0.717, 1.165) is 0 Å². The van der Waals surface area contributed by atoms with Crippen molar-refractivity contribution in [1.82, 2.24) is 0 Å². The molecule has 0 saturated carbocycles. The van der Waals surface area contributed by atoms with E-state index in [2.05, 4.69) is 0 Å². The standard InChI is InChI=1S/C9H9O7.Bi/c1-2-3-5(7(12)13)9(16,8(14)15)4-6(10)11;/h1-2,5,16H,4H2,(H,10,11)(H,12,13)(H,14,15);/p-3. The number of hydrogen-bond acceptors (Lipinski definition) is 7. The first-order chi connectivity index (χ1) is 7.79. The van der Waals surface area contributed by atoms with Crippen molar-refractivity contribution in [2.24, 2.45) is 5.92 Å². The Kier molecular flexibility index (Phi) is 4.11. The summed E-state index contributed by atoms with van der Waals surface area (Å²) in [6, 6.07) is 0. The van der Waals surface area contributed by atoms with Crippen LogP contribution in [-0.4, -0.2) is 54.6 Å². The Morgan fingerprint density at radius 1 is 1.35 bits per heavy atom. The molecule has 92 valence electrons. The van der Waals surface area contributed by atoms with Gasteiger partial charge in [0.1, 0.15) is 0 Å². The summed E-state index contributed by atoms with van der Waals surface area (Å²) in [5.74, 6) is -7.75. The summed E-state index contributed by atoms with van der Waals surface area (Å²) in [5.41, 5.74) is -3.03. The maximum atomic E-state index is 10.9. The zero-order chi connectivity index (χ0) is 13.2. The summed E-state index contributed by atoms with van der Waals surface area (Å²) in [5, 5.41) is 41.7. The minimum atomic E-state index is -3.03. The fraction of sp³-hybridized carbons (Fsp3) is 0.333. The minimum absolute atomic E-state index is 0.248. The van der Waals surface area contributed by atoms with Crippen LogP contribution in [0.1, 0.15) is 6.42 Å². The quantitative estimate of drug-likeness (QED) is 0.410. The molecule has 7 nitrogen and oxygen atoms in total. The molecule has 0 aromatic carbocycles. The second-order valence-corrected chi connectivity index (χ2v) is 7.55. The molecular formula is C9H6BiO7-3. The molecule has 0 aliphatic carbocycles. The molecule has 0 bridgehead atoms. The topological polar surface area (TPSA) is 141 Å². The first-order valence-electron chi connectivity index (χ1n) is 4.38. The predicted octanol–water partition coefficient (Wildman–Crippen LogP) is -5.62. The van der Waals surface area contributed by atoms with Crippen LogP contribution in [0, 0.1) is 5.92 Å². The molecule has 8 heteroatoms. The molecule has 1 rings (SSSR count). The van der Waals surface area contributed by atoms with Crippen LogP contribution in [0.2, 0.25) is 0 Å². The van der Waals surface area contributed by atoms with E-state index < -0.39 is 58.6 Å². The Bertz CT molecular complexity index is 439. The predicted molar refractivity (Wildman–Crippen MR) is 48.0 cm³/mol. The molecule has 1 heterocycles. The van der Waals surface area contributed by atoms with Crippen molar-refractivity contribution >= 4 is 43.9 Å². The van der Waals surface area contributed by atoms with E-state index in [4.69, 9.17) is 0 Å². The van der Waals surface area contributed by atoms with Crippen molar-refractivity contribution in [1.29, 1.82) is 0 Å². The molecule has 0 aromatic rings. The van der Waals surface area contributed by atoms with E-state index >= 15 is 0 Å². The van der Waals surface area contributed by atoms with Crippen LogP contribution in [-0.2, 0) is 14.4 Å². The van der Waals surface area contributed by atoms with Gasteiger partial charge in [-0.3, -0.25) is 0 Å². The molecule has 1 aliphatic rings. The van der Waals surface area contributed by atoms with Crippen molar-refractivity contribution in [3.8, 4) is 0 Å². The number of aliphatic carboxylic acids is 3. The summed E-state index contributed by atoms with van der Waals surface area (Å²) in [7, 11) is 0. The van der Waals surface area contributed by atoms with Gasteiger partial charge >= 0.3 is 106 Å². The Balaban J connectivity index is 3.13. The number of aliphatic hydroxyl groups is 1. The second-order valence-electron chi connectivity index (χ2n) is 3.38. The number of carboxylic acids is 3. The Labute approximate surface area is 106 Å². The van der Waals surface area contributed by atoms with Crippen LogP contribution in [0.5, 0.6) is 0 Å². The monoisotopic (exact) mass is 435 g/mol. The average molecular weight is 435 g/mol. The van der Waals surface area contributed by atoms with E-state index in [-0.39, 0.29) is 3.21 Å². The molecular weight excluding hydrogens is 429 g/mol. The average Bonchev–Trinajstić information content (AvgIpc) is 2.08. The Morgan fingerprint density at radius 3 is 2.12 bits per heavy atom. The van der Waals surface area contributed by atoms with Gasteiger partial charge in [0.05, 0.1) is 0 Å². The number of rotatable bonds is 6. The SMILES string of the molecule is O=C([O-])CC(O)(C(=O)[O-])C(C(=O)[O-])[C]1=[Bi][CH]=C1. The number of carboxylic acid groups (broad SMARTS) is 3. The van der Waals surface area contributed by atoms with E-state index in [1.165, 1.54) is 6.08 Å². The summed E-state index contributed by atoms with van der Waals surface area (Å²) in [4.78, 5) is 32.0. The first-order valence-corrected chi connectivity index (χ1v) is 8.12. The number of carbonyl (C=O) groups is 3. The third-order valence-corrected chi connectivity index (χ3v) is 6.15. The zero-order valence-corrected chi connectivity index (χ0v) is 11.8. The molecule has 0 amide bonds. The van der Waals surface area contributed by atoms with Gasteiger partial charge in [0, 0.05) is 0 Å². The summed E-state index contributed by atoms with van der Waals surface area (Å²) in [6.07, 6.45) is 0.00693. The van der Waals surface area contributed by atoms with Gasteiger partial charge in [-0.1, -0.05) is 0 Å². The van der Waals surface area contributed by atoms with Crippen LogP contribution in [0.3, 0.4) is 0 Å². The van der Waals surface area contributed by atoms with E-state index in [1.807, 2.05) is 0 Å². The van der Waals surface area contributed by atoms with Gasteiger partial charge in [0.15, 0.2) is 0 Å². The molecule has 1 N–H and O–H groups in total. The van der Waals surface area contributed by atoms with E-state index in [1.54, 1.807) is 3.78 Å². The summed E-state index contributed by atoms with van der Waals surface area (Å²) in [6.45, 7) is 0. The van der Waals surface area contributed by atoms with Gasteiger partial charge in [0.25, 0.3) is 0 Å². The van der Waals surface area contributed by atoms with Crippen molar-refractivity contribution < 1.29 is 34.8 Å². The molecule has 2 atom stereocenters. The van der Waals surface area contributed by atoms with Gasteiger partial charge in [-0.25, -0.2) is 0 Å². The van der Waals surface area contributed by atoms with E-state index in [0.29, 0.717) is 0 Å². The van der Waals surface area contributed by atoms with Crippen molar-refractivity contribution in [2.45, 2.75) is 12.0 Å². The Morgan fingerprint density at radius 2 is 1.88 bits per heavy atom. The van der Waals surface area contributed by atoms with Crippen molar-refractivity contribution in [2.75, 3.05) is 0 Å². The summed E-state index contributed by atoms with van der Waals surface area (Å²) < 4.78 is 1.96. The van der Waals surface area contributed by atoms with Crippen LogP contribution in [0.25, 0.3) is 0 Å². The van der Waals surface area contributed by atoms with E-state index in [9.17, 15) is 34.8 Å². The molecule has 0 saturated heterocycles. The van der Waals surface area contributed by atoms with Crippen molar-refractivity contribution in [3.63, 3.8) is 0 Å². The van der Waals surface area contributed by atoms with Crippen LogP contribution in [0.15, 0.2) is 9.86 Å². The van der Waals surface area contributed by atoms with Crippen molar-refractivity contribution in [3.05, 3.63) is 9.86 Å². The number of carbonyl (C=O) groups excluding carboxylic acids is 3. The fourth-order valence-electron chi connectivity index (χ4n) is 1.40. The molecule has 0 spiro atoms. The summed E-state index contributed by atoms with van der Waals surface area (Å²) >= 11 is -1.43. The van der Waals surface area contributed by atoms with Gasteiger partial charge in [-0.15, -0.1) is 0 Å². The first kappa shape index (κ1) is 13.9. The van der Waals surface area contributed by atoms with Crippen LogP contribution >= 0.6 is 0 Å². The van der Waals surface area contributed by atoms with Crippen LogP contribution < -0.4 is 15.3 Å². The second kappa shape index (κ2) is 5.02. The van der Waals surface area contributed by atoms with Gasteiger partial charge in [-0.2, -0.15) is 0 Å². The third kappa shape index (κ3) is 2.76. The van der Waals surface area contributed by atoms with Gasteiger partial charge in [-0.05, 0) is 0 Å². The van der Waals surface area contributed by atoms with Crippen LogP contribution in [0.4, 0.5) is 0 Å². The number of allylic oxidation sites excluding steroid dienone is 1. The molecule has 0 aromatic heterocycles. The third-order valence-electron chi connectivity index (χ3n) is 2.25. The van der Waals surface area contributed by atoms with Gasteiger partial charge < -0.3 is 0 Å². The fourth-order valence-corrected chi connectivity index (χ4v) is 4.47.